The van der Waals surface area contributed by atoms with E-state index in [1.165, 1.54) is 39.1 Å². The van der Waals surface area contributed by atoms with Crippen molar-refractivity contribution >= 4 is 43.6 Å². The summed E-state index contributed by atoms with van der Waals surface area (Å²) in [7, 11) is 0. The molecule has 25 heavy (non-hydrogen) atoms. The first-order chi connectivity index (χ1) is 12.4. The van der Waals surface area contributed by atoms with Gasteiger partial charge in [0.05, 0.1) is 22.1 Å². The van der Waals surface area contributed by atoms with Gasteiger partial charge < -0.3 is 0 Å². The molecule has 6 rings (SSSR count). The second kappa shape index (κ2) is 4.76. The first-order valence-electron chi connectivity index (χ1n) is 8.92. The Morgan fingerprint density at radius 2 is 1.00 bits per heavy atom. The van der Waals surface area contributed by atoms with Crippen LogP contribution in [0.3, 0.4) is 0 Å². The summed E-state index contributed by atoms with van der Waals surface area (Å²) < 4.78 is 0. The van der Waals surface area contributed by atoms with Gasteiger partial charge in [-0.15, -0.1) is 0 Å². The van der Waals surface area contributed by atoms with Crippen LogP contribution in [0.25, 0.3) is 43.6 Å². The van der Waals surface area contributed by atoms with Crippen LogP contribution in [-0.4, -0.2) is 9.97 Å². The number of nitrogens with zero attached hydrogens (tertiary/aromatic N) is 2. The van der Waals surface area contributed by atoms with Gasteiger partial charge in [-0.2, -0.15) is 0 Å². The molecule has 2 nitrogen and oxygen atoms in total. The third-order valence-corrected chi connectivity index (χ3v) is 5.56. The SMILES string of the molecule is c1ccc2c3c4c(ccc5nc6ccccc6c(c54)CCC3)nc2c1. The molecule has 2 heterocycles. The van der Waals surface area contributed by atoms with Crippen molar-refractivity contribution in [2.45, 2.75) is 19.3 Å². The lowest BCUT2D eigenvalue weighted by Gasteiger charge is -2.13. The molecule has 1 aliphatic rings. The van der Waals surface area contributed by atoms with Crippen molar-refractivity contribution < 1.29 is 0 Å². The van der Waals surface area contributed by atoms with Crippen molar-refractivity contribution in [3.63, 3.8) is 0 Å². The molecule has 5 aromatic rings. The van der Waals surface area contributed by atoms with Gasteiger partial charge in [-0.3, -0.25) is 0 Å². The minimum atomic E-state index is 1.10. The van der Waals surface area contributed by atoms with Crippen LogP contribution in [0.4, 0.5) is 0 Å². The lowest BCUT2D eigenvalue weighted by Crippen LogP contribution is -1.94. The Morgan fingerprint density at radius 1 is 0.520 bits per heavy atom. The Balaban J connectivity index is 1.95. The summed E-state index contributed by atoms with van der Waals surface area (Å²) in [4.78, 5) is 9.92. The lowest BCUT2D eigenvalue weighted by atomic mass is 9.96. The fraction of sp³-hybridized carbons (Fsp3) is 0.130. The average Bonchev–Trinajstić information content (AvgIpc) is 2.87. The van der Waals surface area contributed by atoms with E-state index in [1.807, 2.05) is 0 Å². The van der Waals surface area contributed by atoms with Gasteiger partial charge in [0.25, 0.3) is 0 Å². The van der Waals surface area contributed by atoms with Gasteiger partial charge in [0.15, 0.2) is 0 Å². The quantitative estimate of drug-likeness (QED) is 0.275. The van der Waals surface area contributed by atoms with Crippen molar-refractivity contribution in [2.24, 2.45) is 0 Å². The number of aryl methyl sites for hydroxylation is 2. The van der Waals surface area contributed by atoms with Gasteiger partial charge in [0.2, 0.25) is 0 Å². The number of benzene rings is 3. The highest BCUT2D eigenvalue weighted by molar-refractivity contribution is 6.16. The molecule has 0 radical (unpaired) electrons. The number of fused-ring (bicyclic) bond motifs is 4. The fourth-order valence-corrected chi connectivity index (χ4v) is 4.52. The molecule has 2 aromatic heterocycles. The lowest BCUT2D eigenvalue weighted by molar-refractivity contribution is 0.844. The predicted octanol–water partition coefficient (Wildman–Crippen LogP) is 5.58. The van der Waals surface area contributed by atoms with E-state index in [0.717, 1.165) is 34.9 Å². The molecule has 1 aliphatic carbocycles. The molecular formula is C23H16N2. The van der Waals surface area contributed by atoms with Crippen LogP contribution in [0, 0.1) is 0 Å². The summed E-state index contributed by atoms with van der Waals surface area (Å²) in [5.74, 6) is 0. The van der Waals surface area contributed by atoms with Crippen LogP contribution >= 0.6 is 0 Å². The number of rotatable bonds is 0. The van der Waals surface area contributed by atoms with E-state index >= 15 is 0 Å². The Labute approximate surface area is 145 Å². The Kier molecular flexibility index (Phi) is 2.53. The third kappa shape index (κ3) is 1.74. The minimum absolute atomic E-state index is 1.10. The maximum Gasteiger partial charge on any atom is 0.0720 e. The second-order valence-electron chi connectivity index (χ2n) is 6.92. The molecule has 0 atom stereocenters. The molecular weight excluding hydrogens is 304 g/mol. The first kappa shape index (κ1) is 13.3. The smallest absolute Gasteiger partial charge is 0.0720 e. The van der Waals surface area contributed by atoms with Crippen LogP contribution in [0.2, 0.25) is 0 Å². The van der Waals surface area contributed by atoms with Crippen molar-refractivity contribution in [3.8, 4) is 0 Å². The van der Waals surface area contributed by atoms with Crippen LogP contribution in [-0.2, 0) is 12.8 Å². The number of hydrogen-bond donors (Lipinski definition) is 0. The Hall–Kier alpha value is -3.00. The van der Waals surface area contributed by atoms with E-state index in [9.17, 15) is 0 Å². The molecule has 0 N–H and O–H groups in total. The molecule has 0 saturated carbocycles. The summed E-state index contributed by atoms with van der Waals surface area (Å²) in [6, 6.07) is 21.4. The first-order valence-corrected chi connectivity index (χ1v) is 8.92. The zero-order chi connectivity index (χ0) is 16.4. The van der Waals surface area contributed by atoms with Crippen LogP contribution < -0.4 is 0 Å². The molecule has 0 spiro atoms. The zero-order valence-electron chi connectivity index (χ0n) is 13.8. The molecule has 0 amide bonds. The Bertz CT molecular complexity index is 1220. The summed E-state index contributed by atoms with van der Waals surface area (Å²) in [5.41, 5.74) is 7.29. The molecule has 3 aromatic carbocycles. The number of hydrogen-bond acceptors (Lipinski definition) is 2. The molecule has 0 saturated heterocycles. The van der Waals surface area contributed by atoms with Gasteiger partial charge in [-0.25, -0.2) is 9.97 Å². The van der Waals surface area contributed by atoms with Crippen molar-refractivity contribution in [1.82, 2.24) is 9.97 Å². The molecule has 0 bridgehead atoms. The standard InChI is InChI=1S/C23H16N2/c1-3-10-18-14(6-1)16-8-5-9-17-15-7-2-4-11-19(15)25-21-13-12-20(24-18)22(16)23(17)21/h1-4,6-7,10-13H,5,8-9H2. The highest BCUT2D eigenvalue weighted by Crippen LogP contribution is 2.39. The predicted molar refractivity (Wildman–Crippen MR) is 104 cm³/mol. The summed E-state index contributed by atoms with van der Waals surface area (Å²) in [5, 5.41) is 5.23. The molecule has 0 aliphatic heterocycles. The maximum atomic E-state index is 4.96. The van der Waals surface area contributed by atoms with E-state index in [4.69, 9.17) is 9.97 Å². The van der Waals surface area contributed by atoms with Crippen LogP contribution in [0.15, 0.2) is 60.7 Å². The Morgan fingerprint density at radius 3 is 1.52 bits per heavy atom. The summed E-state index contributed by atoms with van der Waals surface area (Å²) >= 11 is 0. The second-order valence-corrected chi connectivity index (χ2v) is 6.92. The van der Waals surface area contributed by atoms with E-state index in [0.29, 0.717) is 0 Å². The normalized spacial score (nSPS) is 13.9. The number of para-hydroxylation sites is 2. The molecule has 118 valence electrons. The maximum absolute atomic E-state index is 4.96. The zero-order valence-corrected chi connectivity index (χ0v) is 13.8. The van der Waals surface area contributed by atoms with E-state index in [2.05, 4.69) is 60.7 Å². The average molecular weight is 320 g/mol. The number of pyridine rings is 2. The highest BCUT2D eigenvalue weighted by Gasteiger charge is 2.19. The van der Waals surface area contributed by atoms with Gasteiger partial charge >= 0.3 is 0 Å². The van der Waals surface area contributed by atoms with Gasteiger partial charge in [-0.1, -0.05) is 36.4 Å². The van der Waals surface area contributed by atoms with Crippen LogP contribution in [0.5, 0.6) is 0 Å². The molecule has 0 unspecified atom stereocenters. The van der Waals surface area contributed by atoms with Crippen molar-refractivity contribution in [1.29, 1.82) is 0 Å². The van der Waals surface area contributed by atoms with Gasteiger partial charge in [0, 0.05) is 21.5 Å². The molecule has 0 fully saturated rings. The van der Waals surface area contributed by atoms with Crippen molar-refractivity contribution in [2.75, 3.05) is 0 Å². The highest BCUT2D eigenvalue weighted by atomic mass is 14.7. The summed E-state index contributed by atoms with van der Waals surface area (Å²) in [6.07, 6.45) is 3.37. The molecule has 2 heteroatoms. The number of aromatic nitrogens is 2. The summed E-state index contributed by atoms with van der Waals surface area (Å²) in [6.45, 7) is 0. The largest absolute Gasteiger partial charge is 0.248 e. The third-order valence-electron chi connectivity index (χ3n) is 5.56. The topological polar surface area (TPSA) is 25.8 Å². The van der Waals surface area contributed by atoms with Crippen molar-refractivity contribution in [3.05, 3.63) is 71.8 Å². The van der Waals surface area contributed by atoms with E-state index < -0.39 is 0 Å². The van der Waals surface area contributed by atoms with Gasteiger partial charge in [0.1, 0.15) is 0 Å². The van der Waals surface area contributed by atoms with E-state index in [-0.39, 0.29) is 0 Å². The van der Waals surface area contributed by atoms with Crippen LogP contribution in [0.1, 0.15) is 17.5 Å². The fourth-order valence-electron chi connectivity index (χ4n) is 4.52. The monoisotopic (exact) mass is 320 g/mol. The van der Waals surface area contributed by atoms with E-state index in [1.54, 1.807) is 0 Å². The minimum Gasteiger partial charge on any atom is -0.248 e. The van der Waals surface area contributed by atoms with Gasteiger partial charge in [-0.05, 0) is 54.7 Å².